The Hall–Kier alpha value is -2.35. The molecule has 0 fully saturated rings. The summed E-state index contributed by atoms with van der Waals surface area (Å²) >= 11 is 0. The van der Waals surface area contributed by atoms with Crippen LogP contribution in [0.1, 0.15) is 5.76 Å². The molecule has 7 nitrogen and oxygen atoms in total. The first-order valence-corrected chi connectivity index (χ1v) is 7.17. The molecule has 2 aromatic rings. The zero-order valence-corrected chi connectivity index (χ0v) is 11.3. The van der Waals surface area contributed by atoms with Gasteiger partial charge in [-0.2, -0.15) is 0 Å². The molecule has 0 saturated heterocycles. The van der Waals surface area contributed by atoms with Gasteiger partial charge in [0, 0.05) is 0 Å². The molecule has 1 heterocycles. The van der Waals surface area contributed by atoms with Crippen molar-refractivity contribution in [3.05, 3.63) is 52.3 Å². The molecule has 0 aliphatic carbocycles. The lowest BCUT2D eigenvalue weighted by atomic mass is 10.3. The van der Waals surface area contributed by atoms with E-state index in [4.69, 9.17) is 9.15 Å². The summed E-state index contributed by atoms with van der Waals surface area (Å²) in [6.07, 6.45) is 0. The molecule has 2 rings (SSSR count). The first kappa shape index (κ1) is 14.1. The average molecular weight is 297 g/mol. The second-order valence-electron chi connectivity index (χ2n) is 3.93. The maximum absolute atomic E-state index is 12.1. The third-order valence-electron chi connectivity index (χ3n) is 2.58. The van der Waals surface area contributed by atoms with Gasteiger partial charge in [-0.3, -0.25) is 10.1 Å². The van der Waals surface area contributed by atoms with Crippen molar-refractivity contribution < 1.29 is 22.5 Å². The van der Waals surface area contributed by atoms with Gasteiger partial charge in [-0.1, -0.05) is 0 Å². The number of nitro groups is 1. The van der Waals surface area contributed by atoms with Gasteiger partial charge < -0.3 is 9.15 Å². The molecule has 20 heavy (non-hydrogen) atoms. The molecule has 0 bridgehead atoms. The van der Waals surface area contributed by atoms with Crippen molar-refractivity contribution in [3.63, 3.8) is 0 Å². The van der Waals surface area contributed by atoms with Crippen molar-refractivity contribution in [1.29, 1.82) is 0 Å². The smallest absolute Gasteiger partial charge is 0.433 e. The van der Waals surface area contributed by atoms with Gasteiger partial charge >= 0.3 is 5.88 Å². The number of nitrogens with zero attached hydrogens (tertiary/aromatic N) is 1. The van der Waals surface area contributed by atoms with E-state index in [1.807, 2.05) is 0 Å². The molecule has 8 heteroatoms. The molecule has 0 amide bonds. The van der Waals surface area contributed by atoms with Crippen LogP contribution in [0.3, 0.4) is 0 Å². The van der Waals surface area contributed by atoms with Crippen molar-refractivity contribution >= 4 is 15.7 Å². The van der Waals surface area contributed by atoms with Crippen LogP contribution in [-0.2, 0) is 15.6 Å². The summed E-state index contributed by atoms with van der Waals surface area (Å²) in [6, 6.07) is 8.27. The molecule has 0 saturated carbocycles. The lowest BCUT2D eigenvalue weighted by molar-refractivity contribution is -0.402. The normalized spacial score (nSPS) is 11.2. The van der Waals surface area contributed by atoms with Crippen LogP contribution in [-0.4, -0.2) is 20.5 Å². The van der Waals surface area contributed by atoms with Crippen LogP contribution in [0.4, 0.5) is 5.88 Å². The SMILES string of the molecule is COc1ccc(S(=O)(=O)Cc2ccc([N+](=O)[O-])o2)cc1. The van der Waals surface area contributed by atoms with Gasteiger partial charge in [-0.05, 0) is 30.3 Å². The highest BCUT2D eigenvalue weighted by atomic mass is 32.2. The molecule has 106 valence electrons. The molecule has 0 unspecified atom stereocenters. The van der Waals surface area contributed by atoms with Gasteiger partial charge in [0.25, 0.3) is 0 Å². The molecule has 0 atom stereocenters. The second-order valence-corrected chi connectivity index (χ2v) is 5.92. The van der Waals surface area contributed by atoms with E-state index in [0.29, 0.717) is 5.75 Å². The number of furan rings is 1. The van der Waals surface area contributed by atoms with Gasteiger partial charge in [0.15, 0.2) is 9.84 Å². The van der Waals surface area contributed by atoms with Crippen LogP contribution >= 0.6 is 0 Å². The highest BCUT2D eigenvalue weighted by molar-refractivity contribution is 7.90. The Morgan fingerprint density at radius 2 is 1.85 bits per heavy atom. The molecule has 1 aromatic carbocycles. The first-order chi connectivity index (χ1) is 9.42. The number of hydrogen-bond acceptors (Lipinski definition) is 6. The van der Waals surface area contributed by atoms with Gasteiger partial charge in [-0.15, -0.1) is 0 Å². The fourth-order valence-corrected chi connectivity index (χ4v) is 2.84. The highest BCUT2D eigenvalue weighted by Gasteiger charge is 2.20. The van der Waals surface area contributed by atoms with Crippen LogP contribution in [0.2, 0.25) is 0 Å². The van der Waals surface area contributed by atoms with Crippen LogP contribution in [0, 0.1) is 10.1 Å². The summed E-state index contributed by atoms with van der Waals surface area (Å²) in [5, 5.41) is 10.5. The van der Waals surface area contributed by atoms with Gasteiger partial charge in [0.1, 0.15) is 22.2 Å². The van der Waals surface area contributed by atoms with E-state index in [0.717, 1.165) is 6.07 Å². The van der Waals surface area contributed by atoms with Crippen LogP contribution in [0.15, 0.2) is 45.7 Å². The maximum Gasteiger partial charge on any atom is 0.433 e. The van der Waals surface area contributed by atoms with Crippen molar-refractivity contribution in [3.8, 4) is 5.75 Å². The summed E-state index contributed by atoms with van der Waals surface area (Å²) in [5.74, 6) is -0.359. The number of ether oxygens (including phenoxy) is 1. The second kappa shape index (κ2) is 5.33. The Balaban J connectivity index is 2.23. The zero-order valence-electron chi connectivity index (χ0n) is 10.5. The van der Waals surface area contributed by atoms with Crippen LogP contribution in [0.25, 0.3) is 0 Å². The van der Waals surface area contributed by atoms with E-state index in [-0.39, 0.29) is 10.7 Å². The molecular weight excluding hydrogens is 286 g/mol. The number of rotatable bonds is 5. The minimum atomic E-state index is -3.62. The van der Waals surface area contributed by atoms with E-state index >= 15 is 0 Å². The number of methoxy groups -OCH3 is 1. The van der Waals surface area contributed by atoms with Crippen LogP contribution < -0.4 is 4.74 Å². The maximum atomic E-state index is 12.1. The molecule has 0 radical (unpaired) electrons. The summed E-state index contributed by atoms with van der Waals surface area (Å²) in [6.45, 7) is 0. The highest BCUT2D eigenvalue weighted by Crippen LogP contribution is 2.22. The van der Waals surface area contributed by atoms with Gasteiger partial charge in [0.05, 0.1) is 18.1 Å². The van der Waals surface area contributed by atoms with Crippen molar-refractivity contribution in [2.75, 3.05) is 7.11 Å². The Kier molecular flexibility index (Phi) is 3.75. The molecule has 0 spiro atoms. The number of benzene rings is 1. The van der Waals surface area contributed by atoms with Gasteiger partial charge in [-0.25, -0.2) is 8.42 Å². The molecule has 0 aliphatic heterocycles. The van der Waals surface area contributed by atoms with Crippen molar-refractivity contribution in [2.24, 2.45) is 0 Å². The molecule has 0 aliphatic rings. The monoisotopic (exact) mass is 297 g/mol. The standard InChI is InChI=1S/C12H11NO6S/c1-18-9-2-5-11(6-3-9)20(16,17)8-10-4-7-12(19-10)13(14)15/h2-7H,8H2,1H3. The van der Waals surface area contributed by atoms with E-state index in [1.165, 1.54) is 37.4 Å². The summed E-state index contributed by atoms with van der Waals surface area (Å²) in [5.41, 5.74) is 0. The van der Waals surface area contributed by atoms with E-state index in [9.17, 15) is 18.5 Å². The van der Waals surface area contributed by atoms with E-state index in [1.54, 1.807) is 0 Å². The molecule has 0 N–H and O–H groups in total. The minimum Gasteiger partial charge on any atom is -0.497 e. The Bertz CT molecular complexity index is 717. The van der Waals surface area contributed by atoms with E-state index < -0.39 is 26.4 Å². The fourth-order valence-electron chi connectivity index (χ4n) is 1.60. The minimum absolute atomic E-state index is 0.0209. The molecular formula is C12H11NO6S. The van der Waals surface area contributed by atoms with Crippen LogP contribution in [0.5, 0.6) is 5.75 Å². The summed E-state index contributed by atoms with van der Waals surface area (Å²) < 4.78 is 34.0. The van der Waals surface area contributed by atoms with Gasteiger partial charge in [0.2, 0.25) is 0 Å². The topological polar surface area (TPSA) is 99.7 Å². The number of hydrogen-bond donors (Lipinski definition) is 0. The first-order valence-electron chi connectivity index (χ1n) is 5.52. The lowest BCUT2D eigenvalue weighted by Crippen LogP contribution is -2.04. The predicted molar refractivity (Wildman–Crippen MR) is 69.2 cm³/mol. The van der Waals surface area contributed by atoms with Crippen molar-refractivity contribution in [1.82, 2.24) is 0 Å². The quantitative estimate of drug-likeness (QED) is 0.619. The Morgan fingerprint density at radius 1 is 1.20 bits per heavy atom. The fraction of sp³-hybridized carbons (Fsp3) is 0.167. The third-order valence-corrected chi connectivity index (χ3v) is 4.23. The van der Waals surface area contributed by atoms with Crippen molar-refractivity contribution in [2.45, 2.75) is 10.6 Å². The lowest BCUT2D eigenvalue weighted by Gasteiger charge is -2.04. The summed E-state index contributed by atoms with van der Waals surface area (Å²) in [7, 11) is -2.14. The zero-order chi connectivity index (χ0) is 14.8. The molecule has 1 aromatic heterocycles. The number of sulfone groups is 1. The Morgan fingerprint density at radius 3 is 2.35 bits per heavy atom. The summed E-state index contributed by atoms with van der Waals surface area (Å²) in [4.78, 5) is 9.84. The average Bonchev–Trinajstić information content (AvgIpc) is 2.87. The Labute approximate surface area is 114 Å². The predicted octanol–water partition coefficient (Wildman–Crippen LogP) is 2.17. The van der Waals surface area contributed by atoms with E-state index in [2.05, 4.69) is 0 Å². The largest absolute Gasteiger partial charge is 0.497 e. The third kappa shape index (κ3) is 2.97.